The molecule has 2 aliphatic rings. The molecule has 0 N–H and O–H groups in total. The fourth-order valence-electron chi connectivity index (χ4n) is 2.82. The van der Waals surface area contributed by atoms with E-state index in [4.69, 9.17) is 4.74 Å². The maximum Gasteiger partial charge on any atom is 0.333 e. The number of piperidine rings is 1. The van der Waals surface area contributed by atoms with Crippen LogP contribution in [-0.4, -0.2) is 36.1 Å². The summed E-state index contributed by atoms with van der Waals surface area (Å²) in [7, 11) is 2.19. The number of hydrogen-bond acceptors (Lipinski definition) is 3. The average molecular weight is 304 g/mol. The zero-order valence-electron chi connectivity index (χ0n) is 10.8. The predicted molar refractivity (Wildman–Crippen MR) is 73.4 cm³/mol. The molecule has 2 heterocycles. The second kappa shape index (κ2) is 6.01. The predicted octanol–water partition coefficient (Wildman–Crippen LogP) is 2.70. The second-order valence-corrected chi connectivity index (χ2v) is 5.02. The van der Waals surface area contributed by atoms with E-state index in [1.807, 2.05) is 19.9 Å². The van der Waals surface area contributed by atoms with Gasteiger partial charge in [-0.05, 0) is 33.7 Å². The zero-order valence-corrected chi connectivity index (χ0v) is 12.5. The normalized spacial score (nSPS) is 33.1. The van der Waals surface area contributed by atoms with Gasteiger partial charge in [0.05, 0.1) is 0 Å². The monoisotopic (exact) mass is 303 g/mol. The molecule has 17 heavy (non-hydrogen) atoms. The molecule has 4 heteroatoms. The van der Waals surface area contributed by atoms with Gasteiger partial charge in [-0.2, -0.15) is 0 Å². The second-order valence-electron chi connectivity index (χ2n) is 5.02. The summed E-state index contributed by atoms with van der Waals surface area (Å²) in [5, 5.41) is 0. The van der Waals surface area contributed by atoms with Crippen molar-refractivity contribution < 1.29 is 9.53 Å². The van der Waals surface area contributed by atoms with E-state index in [9.17, 15) is 4.79 Å². The minimum absolute atomic E-state index is 0. The highest BCUT2D eigenvalue weighted by atomic mass is 79.9. The van der Waals surface area contributed by atoms with Gasteiger partial charge in [0.2, 0.25) is 0 Å². The van der Waals surface area contributed by atoms with Gasteiger partial charge in [-0.15, -0.1) is 17.0 Å². The summed E-state index contributed by atoms with van der Waals surface area (Å²) in [6, 6.07) is 1.25. The van der Waals surface area contributed by atoms with E-state index in [0.29, 0.717) is 17.7 Å². The average Bonchev–Trinajstić information content (AvgIpc) is 2.52. The molecule has 0 radical (unpaired) electrons. The van der Waals surface area contributed by atoms with Gasteiger partial charge in [0.1, 0.15) is 6.10 Å². The number of carbonyl (C=O) groups is 1. The first-order chi connectivity index (χ1) is 7.61. The lowest BCUT2D eigenvalue weighted by Crippen LogP contribution is -2.43. The van der Waals surface area contributed by atoms with E-state index in [1.54, 1.807) is 0 Å². The van der Waals surface area contributed by atoms with E-state index < -0.39 is 0 Å². The fraction of sp³-hybridized carbons (Fsp3) is 0.769. The lowest BCUT2D eigenvalue weighted by atomic mass is 10.0. The molecule has 0 spiro atoms. The summed E-state index contributed by atoms with van der Waals surface area (Å²) < 4.78 is 5.54. The van der Waals surface area contributed by atoms with Gasteiger partial charge in [-0.25, -0.2) is 4.79 Å². The third kappa shape index (κ3) is 3.10. The molecule has 2 rings (SSSR count). The van der Waals surface area contributed by atoms with Crippen LogP contribution in [0.2, 0.25) is 0 Å². The van der Waals surface area contributed by atoms with Crippen LogP contribution in [-0.2, 0) is 9.53 Å². The van der Waals surface area contributed by atoms with Crippen molar-refractivity contribution in [3.63, 3.8) is 0 Å². The molecule has 2 bridgehead atoms. The fourth-order valence-corrected chi connectivity index (χ4v) is 2.82. The van der Waals surface area contributed by atoms with Gasteiger partial charge in [0, 0.05) is 30.5 Å². The van der Waals surface area contributed by atoms with Crippen LogP contribution in [0.1, 0.15) is 39.5 Å². The number of ether oxygens (including phenoxy) is 1. The molecule has 0 aromatic rings. The minimum Gasteiger partial charge on any atom is -0.459 e. The molecule has 0 aliphatic carbocycles. The first-order valence-corrected chi connectivity index (χ1v) is 6.17. The van der Waals surface area contributed by atoms with Crippen molar-refractivity contribution in [3.05, 3.63) is 11.6 Å². The molecule has 98 valence electrons. The van der Waals surface area contributed by atoms with Gasteiger partial charge >= 0.3 is 5.97 Å². The molecule has 0 amide bonds. The van der Waals surface area contributed by atoms with Crippen LogP contribution in [0.4, 0.5) is 0 Å². The largest absolute Gasteiger partial charge is 0.459 e. The number of rotatable bonds is 2. The van der Waals surface area contributed by atoms with Gasteiger partial charge < -0.3 is 9.64 Å². The Morgan fingerprint density at radius 1 is 1.29 bits per heavy atom. The highest BCUT2D eigenvalue weighted by Gasteiger charge is 2.39. The molecule has 2 saturated heterocycles. The van der Waals surface area contributed by atoms with Crippen molar-refractivity contribution in [1.82, 2.24) is 4.90 Å². The summed E-state index contributed by atoms with van der Waals surface area (Å²) in [5.74, 6) is -0.142. The number of halogens is 1. The minimum atomic E-state index is -0.142. The Morgan fingerprint density at radius 3 is 2.29 bits per heavy atom. The SMILES string of the molecule is Br.C/C=C(\C)C(=O)OC1C[C@H]2CC[C@@H](C1)N2C. The lowest BCUT2D eigenvalue weighted by Gasteiger charge is -2.35. The zero-order chi connectivity index (χ0) is 11.7. The Bertz CT molecular complexity index is 303. The van der Waals surface area contributed by atoms with Crippen molar-refractivity contribution in [2.45, 2.75) is 57.7 Å². The van der Waals surface area contributed by atoms with Crippen molar-refractivity contribution in [2.24, 2.45) is 0 Å². The maximum absolute atomic E-state index is 11.7. The van der Waals surface area contributed by atoms with E-state index in [1.165, 1.54) is 12.8 Å². The van der Waals surface area contributed by atoms with Gasteiger partial charge in [-0.1, -0.05) is 6.08 Å². The standard InChI is InChI=1S/C13H21NO2.BrH/c1-4-9(2)13(15)16-12-7-10-5-6-11(8-12)14(10)3;/h4,10-12H,5-8H2,1-3H3;1H/b9-4+;/t10-,11+,12?;. The Kier molecular flexibility index (Phi) is 5.20. The van der Waals surface area contributed by atoms with Crippen LogP contribution < -0.4 is 0 Å². The number of carbonyl (C=O) groups excluding carboxylic acids is 1. The number of nitrogens with zero attached hydrogens (tertiary/aromatic N) is 1. The summed E-state index contributed by atoms with van der Waals surface area (Å²) >= 11 is 0. The van der Waals surface area contributed by atoms with E-state index in [0.717, 1.165) is 12.8 Å². The number of allylic oxidation sites excluding steroid dienone is 1. The first-order valence-electron chi connectivity index (χ1n) is 6.17. The van der Waals surface area contributed by atoms with Crippen LogP contribution in [0.3, 0.4) is 0 Å². The number of hydrogen-bond donors (Lipinski definition) is 0. The van der Waals surface area contributed by atoms with Crippen molar-refractivity contribution in [1.29, 1.82) is 0 Å². The third-order valence-electron chi connectivity index (χ3n) is 4.08. The molecule has 0 aromatic carbocycles. The quantitative estimate of drug-likeness (QED) is 0.580. The topological polar surface area (TPSA) is 29.5 Å². The molecule has 1 unspecified atom stereocenters. The molecule has 0 saturated carbocycles. The van der Waals surface area contributed by atoms with Crippen LogP contribution in [0, 0.1) is 0 Å². The molecule has 3 atom stereocenters. The Morgan fingerprint density at radius 2 is 1.82 bits per heavy atom. The maximum atomic E-state index is 11.7. The highest BCUT2D eigenvalue weighted by Crippen LogP contribution is 2.35. The van der Waals surface area contributed by atoms with Crippen LogP contribution in [0.5, 0.6) is 0 Å². The first kappa shape index (κ1) is 14.7. The Hall–Kier alpha value is -0.350. The highest BCUT2D eigenvalue weighted by molar-refractivity contribution is 8.93. The molecule has 3 nitrogen and oxygen atoms in total. The molecular formula is C13H22BrNO2. The molecule has 2 fully saturated rings. The summed E-state index contributed by atoms with van der Waals surface area (Å²) in [6.45, 7) is 3.68. The van der Waals surface area contributed by atoms with Crippen LogP contribution in [0.25, 0.3) is 0 Å². The van der Waals surface area contributed by atoms with Crippen molar-refractivity contribution >= 4 is 23.0 Å². The Balaban J connectivity index is 0.00000144. The lowest BCUT2D eigenvalue weighted by molar-refractivity contribution is -0.147. The summed E-state index contributed by atoms with van der Waals surface area (Å²) in [5.41, 5.74) is 0.714. The van der Waals surface area contributed by atoms with E-state index in [2.05, 4.69) is 11.9 Å². The van der Waals surface area contributed by atoms with Crippen LogP contribution >= 0.6 is 17.0 Å². The van der Waals surface area contributed by atoms with Gasteiger partial charge in [0.25, 0.3) is 0 Å². The summed E-state index contributed by atoms with van der Waals surface area (Å²) in [6.07, 6.45) is 6.49. The van der Waals surface area contributed by atoms with Crippen molar-refractivity contribution in [2.75, 3.05) is 7.05 Å². The summed E-state index contributed by atoms with van der Waals surface area (Å²) in [4.78, 5) is 14.1. The van der Waals surface area contributed by atoms with E-state index >= 15 is 0 Å². The molecule has 2 aliphatic heterocycles. The van der Waals surface area contributed by atoms with Crippen molar-refractivity contribution in [3.8, 4) is 0 Å². The van der Waals surface area contributed by atoms with Gasteiger partial charge in [0.15, 0.2) is 0 Å². The van der Waals surface area contributed by atoms with Gasteiger partial charge in [-0.3, -0.25) is 0 Å². The molecular weight excluding hydrogens is 282 g/mol. The third-order valence-corrected chi connectivity index (χ3v) is 4.08. The Labute approximate surface area is 114 Å². The van der Waals surface area contributed by atoms with Crippen LogP contribution in [0.15, 0.2) is 11.6 Å². The smallest absolute Gasteiger partial charge is 0.333 e. The molecule has 0 aromatic heterocycles. The number of fused-ring (bicyclic) bond motifs is 2. The number of esters is 1. The van der Waals surface area contributed by atoms with E-state index in [-0.39, 0.29) is 29.1 Å².